The lowest BCUT2D eigenvalue weighted by Crippen LogP contribution is -2.14. The first kappa shape index (κ1) is 9.32. The molecule has 1 aromatic rings. The number of carbonyl (C=O) groups excluding carboxylic acids is 1. The minimum absolute atomic E-state index is 0.0568. The Bertz CT molecular complexity index is 337. The molecule has 3 heteroatoms. The molecule has 0 aromatic heterocycles. The van der Waals surface area contributed by atoms with E-state index in [9.17, 15) is 9.90 Å². The van der Waals surface area contributed by atoms with Crippen LogP contribution < -0.4 is 5.73 Å². The number of amides is 1. The zero-order valence-corrected chi connectivity index (χ0v) is 7.32. The number of primary amides is 1. The number of nitrogens with two attached hydrogens (primary N) is 1. The fraction of sp³-hybridized carbons (Fsp3) is 0.100. The molecule has 0 heterocycles. The highest BCUT2D eigenvalue weighted by Gasteiger charge is 2.10. The largest absolute Gasteiger partial charge is 0.512 e. The molecule has 1 aromatic carbocycles. The Labute approximate surface area is 76.5 Å². The molecule has 13 heavy (non-hydrogen) atoms. The van der Waals surface area contributed by atoms with E-state index in [-0.39, 0.29) is 11.3 Å². The number of hydrogen-bond acceptors (Lipinski definition) is 2. The van der Waals surface area contributed by atoms with E-state index in [1.165, 1.54) is 6.92 Å². The molecule has 1 rings (SSSR count). The van der Waals surface area contributed by atoms with Crippen molar-refractivity contribution in [2.24, 2.45) is 5.73 Å². The summed E-state index contributed by atoms with van der Waals surface area (Å²) in [5, 5.41) is 9.21. The molecule has 0 unspecified atom stereocenters. The highest BCUT2D eigenvalue weighted by Crippen LogP contribution is 2.16. The van der Waals surface area contributed by atoms with Crippen LogP contribution in [0.3, 0.4) is 0 Å². The van der Waals surface area contributed by atoms with Crippen LogP contribution in [0.4, 0.5) is 0 Å². The van der Waals surface area contributed by atoms with Crippen LogP contribution in [0, 0.1) is 0 Å². The predicted molar refractivity (Wildman–Crippen MR) is 50.9 cm³/mol. The van der Waals surface area contributed by atoms with Crippen molar-refractivity contribution in [2.45, 2.75) is 6.92 Å². The van der Waals surface area contributed by atoms with Gasteiger partial charge in [0.1, 0.15) is 5.76 Å². The predicted octanol–water partition coefficient (Wildman–Crippen LogP) is 1.46. The van der Waals surface area contributed by atoms with Crippen molar-refractivity contribution in [1.29, 1.82) is 0 Å². The van der Waals surface area contributed by atoms with Gasteiger partial charge in [-0.1, -0.05) is 30.3 Å². The molecule has 1 amide bonds. The van der Waals surface area contributed by atoms with Gasteiger partial charge in [-0.3, -0.25) is 4.79 Å². The van der Waals surface area contributed by atoms with Crippen LogP contribution in [0.15, 0.2) is 36.1 Å². The van der Waals surface area contributed by atoms with Crippen LogP contribution >= 0.6 is 0 Å². The quantitative estimate of drug-likeness (QED) is 0.530. The first-order valence-electron chi connectivity index (χ1n) is 3.88. The van der Waals surface area contributed by atoms with Gasteiger partial charge in [0.25, 0.3) is 5.91 Å². The molecular formula is C10H11NO2. The summed E-state index contributed by atoms with van der Waals surface area (Å²) in [7, 11) is 0. The molecule has 0 atom stereocenters. The zero-order valence-electron chi connectivity index (χ0n) is 7.32. The number of hydrogen-bond donors (Lipinski definition) is 2. The number of aliphatic hydroxyl groups is 1. The Morgan fingerprint density at radius 1 is 1.31 bits per heavy atom. The van der Waals surface area contributed by atoms with Crippen molar-refractivity contribution in [3.63, 3.8) is 0 Å². The van der Waals surface area contributed by atoms with E-state index < -0.39 is 5.91 Å². The van der Waals surface area contributed by atoms with Crippen LogP contribution in [-0.2, 0) is 4.79 Å². The fourth-order valence-electron chi connectivity index (χ4n) is 1.13. The van der Waals surface area contributed by atoms with Gasteiger partial charge < -0.3 is 10.8 Å². The number of allylic oxidation sites excluding steroid dienone is 1. The molecule has 0 radical (unpaired) electrons. The summed E-state index contributed by atoms with van der Waals surface area (Å²) in [5.41, 5.74) is 5.91. The average molecular weight is 177 g/mol. The Balaban J connectivity index is 3.20. The van der Waals surface area contributed by atoms with Crippen molar-refractivity contribution in [1.82, 2.24) is 0 Å². The smallest absolute Gasteiger partial charge is 0.252 e. The topological polar surface area (TPSA) is 63.3 Å². The second-order valence-corrected chi connectivity index (χ2v) is 2.69. The monoisotopic (exact) mass is 177 g/mol. The molecule has 68 valence electrons. The van der Waals surface area contributed by atoms with Crippen LogP contribution in [0.25, 0.3) is 5.57 Å². The minimum atomic E-state index is -0.619. The molecule has 0 fully saturated rings. The summed E-state index contributed by atoms with van der Waals surface area (Å²) >= 11 is 0. The van der Waals surface area contributed by atoms with Crippen molar-refractivity contribution in [2.75, 3.05) is 0 Å². The van der Waals surface area contributed by atoms with Gasteiger partial charge in [0.2, 0.25) is 0 Å². The number of benzene rings is 1. The van der Waals surface area contributed by atoms with Crippen LogP contribution in [0.1, 0.15) is 12.5 Å². The molecular weight excluding hydrogens is 166 g/mol. The first-order chi connectivity index (χ1) is 6.13. The zero-order chi connectivity index (χ0) is 9.84. The third-order valence-electron chi connectivity index (χ3n) is 1.67. The van der Waals surface area contributed by atoms with Gasteiger partial charge in [0.05, 0.1) is 5.57 Å². The summed E-state index contributed by atoms with van der Waals surface area (Å²) in [4.78, 5) is 10.9. The Hall–Kier alpha value is -1.77. The standard InChI is InChI=1S/C10H11NO2/c1-7(12)9(10(11)13)8-5-3-2-4-6-8/h2-6,12H,1H3,(H2,11,13)/b9-7+. The van der Waals surface area contributed by atoms with E-state index in [0.29, 0.717) is 5.56 Å². The molecule has 3 nitrogen and oxygen atoms in total. The van der Waals surface area contributed by atoms with Crippen molar-refractivity contribution in [3.8, 4) is 0 Å². The maximum absolute atomic E-state index is 10.9. The van der Waals surface area contributed by atoms with Gasteiger partial charge in [0.15, 0.2) is 0 Å². The highest BCUT2D eigenvalue weighted by atomic mass is 16.3. The van der Waals surface area contributed by atoms with E-state index in [1.807, 2.05) is 6.07 Å². The SMILES string of the molecule is C/C(O)=C(\C(N)=O)c1ccccc1. The summed E-state index contributed by atoms with van der Waals surface area (Å²) in [6.07, 6.45) is 0. The van der Waals surface area contributed by atoms with Gasteiger partial charge in [0, 0.05) is 0 Å². The lowest BCUT2D eigenvalue weighted by Gasteiger charge is -2.03. The van der Waals surface area contributed by atoms with Gasteiger partial charge in [-0.05, 0) is 12.5 Å². The lowest BCUT2D eigenvalue weighted by atomic mass is 10.0. The third-order valence-corrected chi connectivity index (χ3v) is 1.67. The van der Waals surface area contributed by atoms with Gasteiger partial charge >= 0.3 is 0 Å². The summed E-state index contributed by atoms with van der Waals surface area (Å²) in [6, 6.07) is 8.83. The van der Waals surface area contributed by atoms with E-state index in [1.54, 1.807) is 24.3 Å². The Kier molecular flexibility index (Phi) is 2.69. The molecule has 0 aliphatic heterocycles. The van der Waals surface area contributed by atoms with Crippen molar-refractivity contribution < 1.29 is 9.90 Å². The van der Waals surface area contributed by atoms with Crippen molar-refractivity contribution in [3.05, 3.63) is 41.7 Å². The highest BCUT2D eigenvalue weighted by molar-refractivity contribution is 6.19. The van der Waals surface area contributed by atoms with Crippen LogP contribution in [0.5, 0.6) is 0 Å². The number of rotatable bonds is 2. The average Bonchev–Trinajstić information content (AvgIpc) is 2.04. The summed E-state index contributed by atoms with van der Waals surface area (Å²) in [5.74, 6) is -0.676. The second-order valence-electron chi connectivity index (χ2n) is 2.69. The lowest BCUT2D eigenvalue weighted by molar-refractivity contribution is -0.112. The fourth-order valence-corrected chi connectivity index (χ4v) is 1.13. The van der Waals surface area contributed by atoms with Gasteiger partial charge in [-0.15, -0.1) is 0 Å². The van der Waals surface area contributed by atoms with Crippen LogP contribution in [-0.4, -0.2) is 11.0 Å². The Morgan fingerprint density at radius 3 is 2.23 bits per heavy atom. The maximum Gasteiger partial charge on any atom is 0.252 e. The molecule has 0 spiro atoms. The number of aliphatic hydroxyl groups excluding tert-OH is 1. The normalized spacial score (nSPS) is 12.1. The third kappa shape index (κ3) is 2.08. The number of carbonyl (C=O) groups is 1. The van der Waals surface area contributed by atoms with E-state index >= 15 is 0 Å². The van der Waals surface area contributed by atoms with Crippen molar-refractivity contribution >= 4 is 11.5 Å². The molecule has 0 bridgehead atoms. The van der Waals surface area contributed by atoms with E-state index in [4.69, 9.17) is 5.73 Å². The summed E-state index contributed by atoms with van der Waals surface area (Å²) in [6.45, 7) is 1.44. The molecule has 0 aliphatic rings. The first-order valence-corrected chi connectivity index (χ1v) is 3.88. The molecule has 0 saturated carbocycles. The maximum atomic E-state index is 10.9. The minimum Gasteiger partial charge on any atom is -0.512 e. The summed E-state index contributed by atoms with van der Waals surface area (Å²) < 4.78 is 0. The Morgan fingerprint density at radius 2 is 1.85 bits per heavy atom. The molecule has 3 N–H and O–H groups in total. The molecule has 0 saturated heterocycles. The molecule has 0 aliphatic carbocycles. The van der Waals surface area contributed by atoms with Gasteiger partial charge in [-0.2, -0.15) is 0 Å². The van der Waals surface area contributed by atoms with E-state index in [0.717, 1.165) is 0 Å². The van der Waals surface area contributed by atoms with Crippen LogP contribution in [0.2, 0.25) is 0 Å². The second kappa shape index (κ2) is 3.76. The van der Waals surface area contributed by atoms with E-state index in [2.05, 4.69) is 0 Å². The van der Waals surface area contributed by atoms with Gasteiger partial charge in [-0.25, -0.2) is 0 Å².